The van der Waals surface area contributed by atoms with Gasteiger partial charge in [0.2, 0.25) is 0 Å². The first kappa shape index (κ1) is 14.2. The van der Waals surface area contributed by atoms with Crippen LogP contribution in [0.2, 0.25) is 0 Å². The molecular formula is C23H22O. The van der Waals surface area contributed by atoms with Gasteiger partial charge in [-0.25, -0.2) is 0 Å². The molecule has 4 atom stereocenters. The zero-order chi connectivity index (χ0) is 16.4. The molecule has 3 aliphatic rings. The second-order valence-electron chi connectivity index (χ2n) is 8.08. The number of carbonyl (C=O) groups excluding carboxylic acids is 1. The van der Waals surface area contributed by atoms with Crippen molar-refractivity contribution < 1.29 is 4.79 Å². The molecule has 0 N–H and O–H groups in total. The van der Waals surface area contributed by atoms with Gasteiger partial charge in [-0.15, -0.1) is 0 Å². The summed E-state index contributed by atoms with van der Waals surface area (Å²) in [5.74, 6) is 1.34. The highest BCUT2D eigenvalue weighted by Crippen LogP contribution is 2.80. The molecule has 24 heavy (non-hydrogen) atoms. The third-order valence-corrected chi connectivity index (χ3v) is 6.76. The predicted octanol–water partition coefficient (Wildman–Crippen LogP) is 5.04. The molecule has 2 aromatic carbocycles. The molecule has 0 saturated heterocycles. The van der Waals surface area contributed by atoms with Crippen LogP contribution in [-0.2, 0) is 10.2 Å². The van der Waals surface area contributed by atoms with Crippen molar-refractivity contribution in [2.24, 2.45) is 11.3 Å². The summed E-state index contributed by atoms with van der Waals surface area (Å²) in [6.45, 7) is 2.38. The van der Waals surface area contributed by atoms with Gasteiger partial charge in [-0.1, -0.05) is 73.2 Å². The minimum absolute atomic E-state index is 0.188. The average molecular weight is 314 g/mol. The van der Waals surface area contributed by atoms with Crippen molar-refractivity contribution in [3.63, 3.8) is 0 Å². The number of hydrogen-bond donors (Lipinski definition) is 0. The normalized spacial score (nSPS) is 36.7. The molecule has 0 bridgehead atoms. The van der Waals surface area contributed by atoms with Crippen LogP contribution in [0, 0.1) is 11.3 Å². The summed E-state index contributed by atoms with van der Waals surface area (Å²) in [7, 11) is 0. The van der Waals surface area contributed by atoms with Crippen LogP contribution >= 0.6 is 0 Å². The van der Waals surface area contributed by atoms with Gasteiger partial charge >= 0.3 is 0 Å². The van der Waals surface area contributed by atoms with Gasteiger partial charge in [0.1, 0.15) is 0 Å². The average Bonchev–Trinajstić information content (AvgIpc) is 3.19. The van der Waals surface area contributed by atoms with E-state index in [-0.39, 0.29) is 10.8 Å². The maximum absolute atomic E-state index is 12.1. The zero-order valence-corrected chi connectivity index (χ0v) is 14.0. The van der Waals surface area contributed by atoms with Crippen molar-refractivity contribution >= 4 is 5.78 Å². The second-order valence-corrected chi connectivity index (χ2v) is 8.08. The van der Waals surface area contributed by atoms with Crippen LogP contribution in [0.15, 0.2) is 72.3 Å². The van der Waals surface area contributed by atoms with E-state index in [1.807, 2.05) is 6.08 Å². The second kappa shape index (κ2) is 4.69. The van der Waals surface area contributed by atoms with E-state index in [4.69, 9.17) is 0 Å². The van der Waals surface area contributed by atoms with E-state index < -0.39 is 0 Å². The lowest BCUT2D eigenvalue weighted by atomic mass is 9.69. The van der Waals surface area contributed by atoms with E-state index in [0.29, 0.717) is 24.0 Å². The monoisotopic (exact) mass is 314 g/mol. The largest absolute Gasteiger partial charge is 0.295 e. The van der Waals surface area contributed by atoms with E-state index >= 15 is 0 Å². The van der Waals surface area contributed by atoms with Crippen molar-refractivity contribution in [1.82, 2.24) is 0 Å². The van der Waals surface area contributed by atoms with Gasteiger partial charge in [-0.2, -0.15) is 0 Å². The van der Waals surface area contributed by atoms with Gasteiger partial charge in [0, 0.05) is 17.8 Å². The Kier molecular flexibility index (Phi) is 2.78. The molecule has 1 heteroatoms. The summed E-state index contributed by atoms with van der Waals surface area (Å²) >= 11 is 0. The molecule has 0 spiro atoms. The molecule has 5 rings (SSSR count). The van der Waals surface area contributed by atoms with E-state index in [2.05, 4.69) is 67.6 Å². The Morgan fingerprint density at radius 1 is 0.917 bits per heavy atom. The molecule has 0 aliphatic heterocycles. The quantitative estimate of drug-likeness (QED) is 0.759. The van der Waals surface area contributed by atoms with Crippen LogP contribution in [-0.4, -0.2) is 5.78 Å². The molecule has 0 amide bonds. The molecule has 2 saturated carbocycles. The molecule has 0 unspecified atom stereocenters. The summed E-state index contributed by atoms with van der Waals surface area (Å²) in [6.07, 6.45) is 4.91. The lowest BCUT2D eigenvalue weighted by molar-refractivity contribution is -0.115. The number of fused-ring (bicyclic) bond motifs is 3. The summed E-state index contributed by atoms with van der Waals surface area (Å²) in [5, 5.41) is 0. The van der Waals surface area contributed by atoms with E-state index in [1.165, 1.54) is 23.1 Å². The van der Waals surface area contributed by atoms with Crippen LogP contribution in [0.4, 0.5) is 0 Å². The van der Waals surface area contributed by atoms with Gasteiger partial charge < -0.3 is 0 Å². The first-order chi connectivity index (χ1) is 11.7. The maximum atomic E-state index is 12.1. The fraction of sp³-hybridized carbons (Fsp3) is 0.348. The van der Waals surface area contributed by atoms with E-state index in [9.17, 15) is 4.79 Å². The minimum atomic E-state index is 0.188. The minimum Gasteiger partial charge on any atom is -0.295 e. The molecule has 3 aliphatic carbocycles. The highest BCUT2D eigenvalue weighted by atomic mass is 16.1. The van der Waals surface area contributed by atoms with Gasteiger partial charge in [0.05, 0.1) is 0 Å². The first-order valence-corrected chi connectivity index (χ1v) is 9.01. The van der Waals surface area contributed by atoms with Gasteiger partial charge in [-0.3, -0.25) is 4.79 Å². The smallest absolute Gasteiger partial charge is 0.155 e. The Bertz CT molecular complexity index is 835. The molecule has 2 aromatic rings. The predicted molar refractivity (Wildman–Crippen MR) is 95.8 cm³/mol. The summed E-state index contributed by atoms with van der Waals surface area (Å²) in [5.41, 5.74) is 4.70. The number of benzene rings is 2. The van der Waals surface area contributed by atoms with Crippen molar-refractivity contribution in [3.8, 4) is 0 Å². The Labute approximate surface area is 143 Å². The molecule has 1 nitrogen and oxygen atoms in total. The molecule has 0 radical (unpaired) electrons. The Morgan fingerprint density at radius 2 is 1.58 bits per heavy atom. The highest BCUT2D eigenvalue weighted by Gasteiger charge is 2.74. The molecule has 0 aromatic heterocycles. The van der Waals surface area contributed by atoms with Crippen LogP contribution in [0.25, 0.3) is 0 Å². The van der Waals surface area contributed by atoms with Crippen LogP contribution in [0.3, 0.4) is 0 Å². The molecular weight excluding hydrogens is 292 g/mol. The van der Waals surface area contributed by atoms with Gasteiger partial charge in [-0.05, 0) is 41.4 Å². The van der Waals surface area contributed by atoms with Crippen molar-refractivity contribution in [1.29, 1.82) is 0 Å². The zero-order valence-electron chi connectivity index (χ0n) is 14.0. The number of allylic oxidation sites excluding steroid dienone is 2. The Hall–Kier alpha value is -2.15. The Morgan fingerprint density at radius 3 is 2.29 bits per heavy atom. The summed E-state index contributed by atoms with van der Waals surface area (Å²) < 4.78 is 0. The first-order valence-electron chi connectivity index (χ1n) is 9.01. The number of hydrogen-bond acceptors (Lipinski definition) is 1. The Balaban J connectivity index is 1.68. The lowest BCUT2D eigenvalue weighted by Gasteiger charge is -2.34. The lowest BCUT2D eigenvalue weighted by Crippen LogP contribution is -2.26. The topological polar surface area (TPSA) is 17.1 Å². The van der Waals surface area contributed by atoms with E-state index in [0.717, 1.165) is 6.42 Å². The number of rotatable bonds is 2. The fourth-order valence-electron chi connectivity index (χ4n) is 5.74. The third-order valence-electron chi connectivity index (χ3n) is 6.76. The number of ketones is 1. The fourth-order valence-corrected chi connectivity index (χ4v) is 5.74. The molecule has 0 heterocycles. The van der Waals surface area contributed by atoms with Crippen molar-refractivity contribution in [2.45, 2.75) is 37.5 Å². The standard InChI is InChI=1S/C23H22O/c1-22-13-12-18(24)14-19(22)21-20(16-8-4-2-5-9-16)23(21,15-22)17-10-6-3-7-11-17/h2-11,14,20-21H,12-13,15H2,1H3/t20-,21+,22+,23+/m0/s1. The summed E-state index contributed by atoms with van der Waals surface area (Å²) in [4.78, 5) is 12.1. The van der Waals surface area contributed by atoms with Crippen molar-refractivity contribution in [2.75, 3.05) is 0 Å². The third kappa shape index (κ3) is 1.73. The SMILES string of the molecule is C[C@]12CCC(=O)C=C1[C@@H]1[C@H](c3ccccc3)[C@]1(c1ccccc1)C2. The van der Waals surface area contributed by atoms with Crippen molar-refractivity contribution in [3.05, 3.63) is 83.4 Å². The van der Waals surface area contributed by atoms with Crippen LogP contribution in [0.1, 0.15) is 43.2 Å². The highest BCUT2D eigenvalue weighted by molar-refractivity contribution is 5.92. The maximum Gasteiger partial charge on any atom is 0.155 e. The van der Waals surface area contributed by atoms with E-state index in [1.54, 1.807) is 0 Å². The van der Waals surface area contributed by atoms with Gasteiger partial charge in [0.25, 0.3) is 0 Å². The molecule has 120 valence electrons. The number of carbonyl (C=O) groups is 1. The van der Waals surface area contributed by atoms with Gasteiger partial charge in [0.15, 0.2) is 5.78 Å². The van der Waals surface area contributed by atoms with Crippen LogP contribution < -0.4 is 0 Å². The molecule has 2 fully saturated rings. The van der Waals surface area contributed by atoms with Crippen LogP contribution in [0.5, 0.6) is 0 Å². The summed E-state index contributed by atoms with van der Waals surface area (Å²) in [6, 6.07) is 21.9.